The van der Waals surface area contributed by atoms with Crippen molar-refractivity contribution in [1.29, 1.82) is 0 Å². The molecular formula is C15H17ClFN3O2. The minimum atomic E-state index is -0.732. The van der Waals surface area contributed by atoms with Crippen LogP contribution in [0.2, 0.25) is 5.02 Å². The van der Waals surface area contributed by atoms with E-state index in [4.69, 9.17) is 16.3 Å². The summed E-state index contributed by atoms with van der Waals surface area (Å²) in [5, 5.41) is 4.19. The lowest BCUT2D eigenvalue weighted by Gasteiger charge is -2.22. The average Bonchev–Trinajstić information content (AvgIpc) is 2.86. The van der Waals surface area contributed by atoms with Gasteiger partial charge in [-0.1, -0.05) is 11.6 Å². The first-order valence-corrected chi connectivity index (χ1v) is 7.09. The van der Waals surface area contributed by atoms with Crippen molar-refractivity contribution in [3.63, 3.8) is 0 Å². The maximum Gasteiger partial charge on any atom is 0.263 e. The summed E-state index contributed by atoms with van der Waals surface area (Å²) >= 11 is 5.89. The summed E-state index contributed by atoms with van der Waals surface area (Å²) in [6.07, 6.45) is 2.81. The largest absolute Gasteiger partial charge is 0.479 e. The summed E-state index contributed by atoms with van der Waals surface area (Å²) in [4.78, 5) is 13.8. The number of ether oxygens (including phenoxy) is 1. The molecular weight excluding hydrogens is 309 g/mol. The highest BCUT2D eigenvalue weighted by Crippen LogP contribution is 2.26. The fourth-order valence-corrected chi connectivity index (χ4v) is 2.24. The van der Waals surface area contributed by atoms with Gasteiger partial charge in [0.2, 0.25) is 0 Å². The van der Waals surface area contributed by atoms with Crippen molar-refractivity contribution in [2.45, 2.75) is 19.6 Å². The van der Waals surface area contributed by atoms with Gasteiger partial charge in [0, 0.05) is 32.4 Å². The van der Waals surface area contributed by atoms with Gasteiger partial charge < -0.3 is 9.64 Å². The number of aryl methyl sites for hydroxylation is 1. The summed E-state index contributed by atoms with van der Waals surface area (Å²) in [6.45, 7) is 2.05. The van der Waals surface area contributed by atoms with Crippen LogP contribution >= 0.6 is 11.6 Å². The first-order chi connectivity index (χ1) is 10.4. The van der Waals surface area contributed by atoms with E-state index in [0.29, 0.717) is 6.54 Å². The predicted molar refractivity (Wildman–Crippen MR) is 81.2 cm³/mol. The summed E-state index contributed by atoms with van der Waals surface area (Å²) in [5.74, 6) is -0.382. The lowest BCUT2D eigenvalue weighted by Crippen LogP contribution is -2.37. The number of hydrogen-bond acceptors (Lipinski definition) is 3. The Labute approximate surface area is 133 Å². The summed E-state index contributed by atoms with van der Waals surface area (Å²) < 4.78 is 20.2. The van der Waals surface area contributed by atoms with Crippen molar-refractivity contribution in [1.82, 2.24) is 14.7 Å². The van der Waals surface area contributed by atoms with E-state index in [0.717, 1.165) is 11.6 Å². The molecule has 0 aliphatic rings. The molecule has 2 rings (SSSR count). The molecule has 0 saturated heterocycles. The van der Waals surface area contributed by atoms with Crippen molar-refractivity contribution >= 4 is 17.5 Å². The molecule has 118 valence electrons. The maximum absolute atomic E-state index is 13.0. The number of carbonyl (C=O) groups excluding carboxylic acids is 1. The van der Waals surface area contributed by atoms with Crippen molar-refractivity contribution in [3.05, 3.63) is 47.0 Å². The standard InChI is InChI=1S/C15H17ClFN3O2/c1-10(22-14-5-4-12(17)6-13(14)16)15(21)19(2)8-11-7-18-20(3)9-11/h4-7,9-10H,8H2,1-3H3/t10-/m1/s1. The number of hydrogen-bond donors (Lipinski definition) is 0. The fourth-order valence-electron chi connectivity index (χ4n) is 2.03. The van der Waals surface area contributed by atoms with Crippen LogP contribution in [-0.2, 0) is 18.4 Å². The molecule has 2 aromatic rings. The van der Waals surface area contributed by atoms with Crippen LogP contribution in [0.1, 0.15) is 12.5 Å². The van der Waals surface area contributed by atoms with Crippen LogP contribution in [0.15, 0.2) is 30.6 Å². The Morgan fingerprint density at radius 3 is 2.86 bits per heavy atom. The van der Waals surface area contributed by atoms with Gasteiger partial charge in [0.05, 0.1) is 11.2 Å². The van der Waals surface area contributed by atoms with E-state index in [1.54, 1.807) is 29.7 Å². The highest BCUT2D eigenvalue weighted by Gasteiger charge is 2.20. The van der Waals surface area contributed by atoms with Crippen molar-refractivity contribution in [2.75, 3.05) is 7.05 Å². The number of likely N-dealkylation sites (N-methyl/N-ethyl adjacent to an activating group) is 1. The Morgan fingerprint density at radius 1 is 1.55 bits per heavy atom. The normalized spacial score (nSPS) is 12.0. The third-order valence-electron chi connectivity index (χ3n) is 3.10. The van der Waals surface area contributed by atoms with Crippen LogP contribution in [0.4, 0.5) is 4.39 Å². The first kappa shape index (κ1) is 16.3. The molecule has 1 amide bonds. The van der Waals surface area contributed by atoms with Gasteiger partial charge in [0.25, 0.3) is 5.91 Å². The highest BCUT2D eigenvalue weighted by molar-refractivity contribution is 6.32. The van der Waals surface area contributed by atoms with E-state index >= 15 is 0 Å². The Balaban J connectivity index is 1.98. The number of rotatable bonds is 5. The topological polar surface area (TPSA) is 47.4 Å². The molecule has 0 fully saturated rings. The number of aromatic nitrogens is 2. The monoisotopic (exact) mass is 325 g/mol. The van der Waals surface area contributed by atoms with Gasteiger partial charge in [-0.15, -0.1) is 0 Å². The lowest BCUT2D eigenvalue weighted by atomic mass is 10.3. The molecule has 1 atom stereocenters. The quantitative estimate of drug-likeness (QED) is 0.849. The lowest BCUT2D eigenvalue weighted by molar-refractivity contribution is -0.137. The summed E-state index contributed by atoms with van der Waals surface area (Å²) in [7, 11) is 3.50. The Morgan fingerprint density at radius 2 is 2.27 bits per heavy atom. The van der Waals surface area contributed by atoms with E-state index in [2.05, 4.69) is 5.10 Å². The predicted octanol–water partition coefficient (Wildman–Crippen LogP) is 2.64. The van der Waals surface area contributed by atoms with Crippen molar-refractivity contribution in [3.8, 4) is 5.75 Å². The van der Waals surface area contributed by atoms with Crippen LogP contribution in [0, 0.1) is 5.82 Å². The van der Waals surface area contributed by atoms with Crippen LogP contribution in [0.25, 0.3) is 0 Å². The Kier molecular flexibility index (Phi) is 5.03. The molecule has 22 heavy (non-hydrogen) atoms. The van der Waals surface area contributed by atoms with Gasteiger partial charge in [-0.25, -0.2) is 4.39 Å². The second-order valence-corrected chi connectivity index (χ2v) is 5.46. The molecule has 0 N–H and O–H groups in total. The second-order valence-electron chi connectivity index (χ2n) is 5.05. The number of nitrogens with zero attached hydrogens (tertiary/aromatic N) is 3. The van der Waals surface area contributed by atoms with E-state index in [-0.39, 0.29) is 16.7 Å². The molecule has 1 heterocycles. The number of benzene rings is 1. The first-order valence-electron chi connectivity index (χ1n) is 6.71. The minimum absolute atomic E-state index is 0.134. The molecule has 5 nitrogen and oxygen atoms in total. The maximum atomic E-state index is 13.0. The van der Waals surface area contributed by atoms with Gasteiger partial charge in [-0.2, -0.15) is 5.10 Å². The van der Waals surface area contributed by atoms with E-state index in [1.807, 2.05) is 13.2 Å². The smallest absolute Gasteiger partial charge is 0.263 e. The Hall–Kier alpha value is -2.08. The van der Waals surface area contributed by atoms with E-state index in [9.17, 15) is 9.18 Å². The third kappa shape index (κ3) is 3.98. The SMILES string of the molecule is C[C@@H](Oc1ccc(F)cc1Cl)C(=O)N(C)Cc1cnn(C)c1. The van der Waals surface area contributed by atoms with Gasteiger partial charge in [-0.3, -0.25) is 9.48 Å². The number of amides is 1. The molecule has 0 aliphatic carbocycles. The summed E-state index contributed by atoms with van der Waals surface area (Å²) in [5.41, 5.74) is 0.922. The fraction of sp³-hybridized carbons (Fsp3) is 0.333. The van der Waals surface area contributed by atoms with Crippen molar-refractivity contribution < 1.29 is 13.9 Å². The molecule has 0 unspecified atom stereocenters. The van der Waals surface area contributed by atoms with E-state index in [1.165, 1.54) is 12.1 Å². The average molecular weight is 326 g/mol. The molecule has 1 aromatic carbocycles. The van der Waals surface area contributed by atoms with E-state index < -0.39 is 11.9 Å². The highest BCUT2D eigenvalue weighted by atomic mass is 35.5. The van der Waals surface area contributed by atoms with Crippen molar-refractivity contribution in [2.24, 2.45) is 7.05 Å². The second kappa shape index (κ2) is 6.79. The number of halogens is 2. The molecule has 0 bridgehead atoms. The summed E-state index contributed by atoms with van der Waals surface area (Å²) in [6, 6.07) is 3.79. The molecule has 7 heteroatoms. The molecule has 0 spiro atoms. The zero-order chi connectivity index (χ0) is 16.3. The van der Waals surface area contributed by atoms with Crippen LogP contribution in [-0.4, -0.2) is 33.7 Å². The van der Waals surface area contributed by atoms with Crippen LogP contribution in [0.3, 0.4) is 0 Å². The molecule has 0 radical (unpaired) electrons. The zero-order valence-corrected chi connectivity index (χ0v) is 13.3. The molecule has 0 saturated carbocycles. The van der Waals surface area contributed by atoms with Crippen LogP contribution in [0.5, 0.6) is 5.75 Å². The van der Waals surface area contributed by atoms with Gasteiger partial charge in [0.15, 0.2) is 6.10 Å². The van der Waals surface area contributed by atoms with Gasteiger partial charge in [-0.05, 0) is 25.1 Å². The minimum Gasteiger partial charge on any atom is -0.479 e. The van der Waals surface area contributed by atoms with Gasteiger partial charge >= 0.3 is 0 Å². The Bertz CT molecular complexity index is 675. The van der Waals surface area contributed by atoms with Crippen LogP contribution < -0.4 is 4.74 Å². The molecule has 0 aliphatic heterocycles. The van der Waals surface area contributed by atoms with Gasteiger partial charge in [0.1, 0.15) is 11.6 Å². The molecule has 1 aromatic heterocycles. The third-order valence-corrected chi connectivity index (χ3v) is 3.40. The zero-order valence-electron chi connectivity index (χ0n) is 12.6. The number of carbonyl (C=O) groups is 1.